The molecule has 29 heavy (non-hydrogen) atoms. The van der Waals surface area contributed by atoms with E-state index in [-0.39, 0.29) is 24.0 Å². The first-order valence-electron chi connectivity index (χ1n) is 9.18. The zero-order chi connectivity index (χ0) is 21.2. The number of piperazine rings is 1. The van der Waals surface area contributed by atoms with Crippen molar-refractivity contribution in [2.45, 2.75) is 35.9 Å². The van der Waals surface area contributed by atoms with Gasteiger partial charge in [0.05, 0.1) is 11.8 Å². The fourth-order valence-electron chi connectivity index (χ4n) is 3.60. The van der Waals surface area contributed by atoms with E-state index in [2.05, 4.69) is 16.0 Å². The van der Waals surface area contributed by atoms with Crippen LogP contribution in [0.3, 0.4) is 0 Å². The van der Waals surface area contributed by atoms with E-state index in [0.717, 1.165) is 11.2 Å². The summed E-state index contributed by atoms with van der Waals surface area (Å²) in [5.74, 6) is -0.868. The minimum Gasteiger partial charge on any atom is -0.342 e. The average molecular weight is 441 g/mol. The number of urea groups is 1. The van der Waals surface area contributed by atoms with Crippen LogP contribution >= 0.6 is 11.8 Å². The lowest BCUT2D eigenvalue weighted by molar-refractivity contribution is -0.147. The Labute approximate surface area is 173 Å². The van der Waals surface area contributed by atoms with Gasteiger partial charge in [-0.15, -0.1) is 11.8 Å². The first-order valence-corrected chi connectivity index (χ1v) is 12.5. The van der Waals surface area contributed by atoms with Crippen molar-refractivity contribution in [2.24, 2.45) is 0 Å². The number of nitrogens with one attached hydrogen (secondary N) is 3. The number of benzene rings is 1. The van der Waals surface area contributed by atoms with Crippen LogP contribution in [-0.4, -0.2) is 74.1 Å². The number of fused-ring (bicyclic) bond motifs is 1. The van der Waals surface area contributed by atoms with E-state index < -0.39 is 34.0 Å². The van der Waals surface area contributed by atoms with Gasteiger partial charge in [0.1, 0.15) is 21.9 Å². The van der Waals surface area contributed by atoms with Crippen LogP contribution in [0, 0.1) is 0 Å². The van der Waals surface area contributed by atoms with Crippen molar-refractivity contribution >= 4 is 45.1 Å². The molecule has 1 aromatic rings. The molecule has 2 heterocycles. The molecule has 0 unspecified atom stereocenters. The van der Waals surface area contributed by atoms with Crippen LogP contribution in [0.5, 0.6) is 0 Å². The van der Waals surface area contributed by atoms with Gasteiger partial charge in [-0.25, -0.2) is 13.2 Å². The van der Waals surface area contributed by atoms with Crippen molar-refractivity contribution in [3.05, 3.63) is 24.3 Å². The van der Waals surface area contributed by atoms with E-state index in [0.29, 0.717) is 18.7 Å². The van der Waals surface area contributed by atoms with Crippen LogP contribution < -0.4 is 16.0 Å². The lowest BCUT2D eigenvalue weighted by atomic mass is 10.0. The second kappa shape index (κ2) is 8.62. The van der Waals surface area contributed by atoms with E-state index in [1.165, 1.54) is 4.90 Å². The molecule has 3 N–H and O–H groups in total. The molecule has 4 amide bonds. The number of amides is 4. The summed E-state index contributed by atoms with van der Waals surface area (Å²) in [6, 6.07) is 4.77. The molecule has 0 radical (unpaired) electrons. The molecule has 0 aromatic heterocycles. The molecule has 2 fully saturated rings. The molecule has 2 aliphatic rings. The van der Waals surface area contributed by atoms with E-state index in [1.54, 1.807) is 17.8 Å². The molecule has 11 heteroatoms. The number of hydrogen-bond acceptors (Lipinski definition) is 6. The van der Waals surface area contributed by atoms with Crippen molar-refractivity contribution in [1.82, 2.24) is 15.5 Å². The van der Waals surface area contributed by atoms with Gasteiger partial charge in [-0.05, 0) is 37.3 Å². The van der Waals surface area contributed by atoms with Crippen LogP contribution in [0.1, 0.15) is 12.8 Å². The maximum absolute atomic E-state index is 12.6. The fraction of sp³-hybridized carbons (Fsp3) is 0.500. The van der Waals surface area contributed by atoms with E-state index in [4.69, 9.17) is 0 Å². The third kappa shape index (κ3) is 5.21. The topological polar surface area (TPSA) is 125 Å². The van der Waals surface area contributed by atoms with Crippen molar-refractivity contribution in [3.63, 3.8) is 0 Å². The van der Waals surface area contributed by atoms with E-state index in [9.17, 15) is 22.8 Å². The summed E-state index contributed by atoms with van der Waals surface area (Å²) in [4.78, 5) is 40.0. The predicted octanol–water partition coefficient (Wildman–Crippen LogP) is 0.433. The highest BCUT2D eigenvalue weighted by atomic mass is 32.2. The lowest BCUT2D eigenvalue weighted by Crippen LogP contribution is -2.65. The number of nitrogens with zero attached hydrogens (tertiary/aromatic N) is 1. The standard InChI is InChI=1S/C18H24N4O5S2/c1-28-12-5-3-4-11(10-12)19-18(25)21-13-6-8-22-15(13)16(23)20-14(17(22)24)7-9-29(2,26)27/h3-5,10,13-15H,6-9H2,1-2H3,(H,20,23)(H2,19,21,25)/t13-,14-,15-/m0/s1. The van der Waals surface area contributed by atoms with Gasteiger partial charge in [0, 0.05) is 23.4 Å². The maximum Gasteiger partial charge on any atom is 0.319 e. The molecular weight excluding hydrogens is 416 g/mol. The second-order valence-electron chi connectivity index (χ2n) is 7.18. The van der Waals surface area contributed by atoms with Gasteiger partial charge in [-0.3, -0.25) is 9.59 Å². The van der Waals surface area contributed by atoms with Gasteiger partial charge in [-0.2, -0.15) is 0 Å². The Bertz CT molecular complexity index is 921. The van der Waals surface area contributed by atoms with E-state index in [1.807, 2.05) is 24.5 Å². The summed E-state index contributed by atoms with van der Waals surface area (Å²) < 4.78 is 22.7. The van der Waals surface area contributed by atoms with Crippen molar-refractivity contribution in [3.8, 4) is 0 Å². The number of anilines is 1. The van der Waals surface area contributed by atoms with Crippen LogP contribution in [-0.2, 0) is 19.4 Å². The summed E-state index contributed by atoms with van der Waals surface area (Å²) in [7, 11) is -3.24. The normalized spacial score (nSPS) is 24.1. The average Bonchev–Trinajstić information content (AvgIpc) is 3.07. The summed E-state index contributed by atoms with van der Waals surface area (Å²) in [6.07, 6.45) is 3.51. The molecule has 2 saturated heterocycles. The SMILES string of the molecule is CSc1cccc(NC(=O)N[C@H]2CCN3C(=O)[C@H](CCS(C)(=O)=O)NC(=O)[C@H]23)c1. The zero-order valence-electron chi connectivity index (χ0n) is 16.2. The van der Waals surface area contributed by atoms with Gasteiger partial charge >= 0.3 is 6.03 Å². The highest BCUT2D eigenvalue weighted by Crippen LogP contribution is 2.24. The number of rotatable bonds is 6. The van der Waals surface area contributed by atoms with Crippen LogP contribution in [0.25, 0.3) is 0 Å². The number of hydrogen-bond donors (Lipinski definition) is 3. The third-order valence-corrected chi connectivity index (χ3v) is 6.69. The number of thioether (sulfide) groups is 1. The molecule has 9 nitrogen and oxygen atoms in total. The summed E-state index contributed by atoms with van der Waals surface area (Å²) in [5.41, 5.74) is 0.634. The molecule has 0 aliphatic carbocycles. The minimum atomic E-state index is -3.24. The molecule has 0 saturated carbocycles. The molecule has 158 valence electrons. The number of sulfone groups is 1. The predicted molar refractivity (Wildman–Crippen MR) is 111 cm³/mol. The Kier molecular flexibility index (Phi) is 6.37. The smallest absolute Gasteiger partial charge is 0.319 e. The van der Waals surface area contributed by atoms with Gasteiger partial charge < -0.3 is 20.9 Å². The molecular formula is C18H24N4O5S2. The van der Waals surface area contributed by atoms with Gasteiger partial charge in [0.15, 0.2) is 0 Å². The maximum atomic E-state index is 12.6. The first-order chi connectivity index (χ1) is 13.7. The summed E-state index contributed by atoms with van der Waals surface area (Å²) >= 11 is 1.56. The zero-order valence-corrected chi connectivity index (χ0v) is 17.8. The molecule has 1 aromatic carbocycles. The highest BCUT2D eigenvalue weighted by Gasteiger charge is 2.48. The summed E-state index contributed by atoms with van der Waals surface area (Å²) in [6.45, 7) is 0.333. The van der Waals surface area contributed by atoms with Gasteiger partial charge in [0.25, 0.3) is 0 Å². The second-order valence-corrected chi connectivity index (χ2v) is 10.3. The first kappa shape index (κ1) is 21.4. The molecule has 0 bridgehead atoms. The van der Waals surface area contributed by atoms with Crippen LogP contribution in [0.4, 0.5) is 10.5 Å². The monoisotopic (exact) mass is 440 g/mol. The quantitative estimate of drug-likeness (QED) is 0.551. The van der Waals surface area contributed by atoms with Crippen LogP contribution in [0.2, 0.25) is 0 Å². The largest absolute Gasteiger partial charge is 0.342 e. The van der Waals surface area contributed by atoms with Crippen molar-refractivity contribution in [2.75, 3.05) is 30.1 Å². The van der Waals surface area contributed by atoms with Gasteiger partial charge in [-0.1, -0.05) is 6.07 Å². The Morgan fingerprint density at radius 3 is 2.79 bits per heavy atom. The summed E-state index contributed by atoms with van der Waals surface area (Å²) in [5, 5.41) is 8.13. The number of carbonyl (C=O) groups excluding carboxylic acids is 3. The highest BCUT2D eigenvalue weighted by molar-refractivity contribution is 7.98. The molecule has 2 aliphatic heterocycles. The van der Waals surface area contributed by atoms with Gasteiger partial charge in [0.2, 0.25) is 11.8 Å². The molecule has 3 rings (SSSR count). The Hall–Kier alpha value is -2.27. The molecule has 3 atom stereocenters. The Balaban J connectivity index is 1.61. The molecule has 0 spiro atoms. The van der Waals surface area contributed by atoms with Crippen LogP contribution in [0.15, 0.2) is 29.2 Å². The van der Waals surface area contributed by atoms with Crippen molar-refractivity contribution in [1.29, 1.82) is 0 Å². The minimum absolute atomic E-state index is 0.0387. The lowest BCUT2D eigenvalue weighted by Gasteiger charge is -2.36. The number of carbonyl (C=O) groups is 3. The van der Waals surface area contributed by atoms with E-state index >= 15 is 0 Å². The third-order valence-electron chi connectivity index (χ3n) is 4.99. The van der Waals surface area contributed by atoms with Crippen molar-refractivity contribution < 1.29 is 22.8 Å². The Morgan fingerprint density at radius 2 is 2.10 bits per heavy atom. The fourth-order valence-corrected chi connectivity index (χ4v) is 4.72. The Morgan fingerprint density at radius 1 is 1.34 bits per heavy atom.